The van der Waals surface area contributed by atoms with Gasteiger partial charge in [0.05, 0.1) is 37.1 Å². The Kier molecular flexibility index (Phi) is 6.03. The van der Waals surface area contributed by atoms with Crippen molar-refractivity contribution in [2.45, 2.75) is 32.0 Å². The summed E-state index contributed by atoms with van der Waals surface area (Å²) in [5.74, 6) is -2.13. The molecule has 12 heteroatoms. The number of carbonyl (C=O) groups is 5. The summed E-state index contributed by atoms with van der Waals surface area (Å²) in [6.45, 7) is 0.537. The van der Waals surface area contributed by atoms with E-state index in [-0.39, 0.29) is 56.1 Å². The molecule has 4 rings (SSSR count). The zero-order valence-corrected chi connectivity index (χ0v) is 16.9. The van der Waals surface area contributed by atoms with Gasteiger partial charge in [0.15, 0.2) is 0 Å². The van der Waals surface area contributed by atoms with E-state index in [2.05, 4.69) is 15.6 Å². The number of piperidine rings is 1. The first-order chi connectivity index (χ1) is 15.5. The zero-order chi connectivity index (χ0) is 22.7. The number of hydrogen-bond donors (Lipinski definition) is 1. The first-order valence-electron chi connectivity index (χ1n) is 9.87. The van der Waals surface area contributed by atoms with Crippen LogP contribution in [0.25, 0.3) is 0 Å². The smallest absolute Gasteiger partial charge is 0.266 e. The van der Waals surface area contributed by atoms with Crippen LogP contribution in [-0.2, 0) is 32.3 Å². The fourth-order valence-electron chi connectivity index (χ4n) is 3.56. The minimum Gasteiger partial charge on any atom is -0.490 e. The summed E-state index contributed by atoms with van der Waals surface area (Å²) in [7, 11) is 0. The Morgan fingerprint density at radius 2 is 2.00 bits per heavy atom. The van der Waals surface area contributed by atoms with Crippen LogP contribution in [0.2, 0.25) is 0 Å². The summed E-state index contributed by atoms with van der Waals surface area (Å²) in [4.78, 5) is 60.7. The number of carbonyl (C=O) groups excluding carboxylic acids is 5. The van der Waals surface area contributed by atoms with Crippen molar-refractivity contribution in [1.82, 2.24) is 25.2 Å². The van der Waals surface area contributed by atoms with Crippen LogP contribution in [0.1, 0.15) is 39.3 Å². The molecule has 166 valence electrons. The highest BCUT2D eigenvalue weighted by Gasteiger charge is 2.45. The molecule has 1 fully saturated rings. The average molecular weight is 441 g/mol. The molecule has 1 atom stereocenters. The van der Waals surface area contributed by atoms with Gasteiger partial charge in [0.2, 0.25) is 11.8 Å². The maximum absolute atomic E-state index is 13.0. The number of ether oxygens (including phenoxy) is 2. The van der Waals surface area contributed by atoms with Gasteiger partial charge in [0, 0.05) is 6.42 Å². The second-order valence-corrected chi connectivity index (χ2v) is 7.13. The molecule has 1 unspecified atom stereocenters. The summed E-state index contributed by atoms with van der Waals surface area (Å²) >= 11 is 0. The van der Waals surface area contributed by atoms with Gasteiger partial charge in [-0.25, -0.2) is 4.68 Å². The Morgan fingerprint density at radius 3 is 2.78 bits per heavy atom. The fourth-order valence-corrected chi connectivity index (χ4v) is 3.56. The second kappa shape index (κ2) is 9.06. The van der Waals surface area contributed by atoms with Crippen LogP contribution in [0, 0.1) is 0 Å². The highest BCUT2D eigenvalue weighted by molar-refractivity contribution is 6.24. The van der Waals surface area contributed by atoms with Crippen molar-refractivity contribution in [3.63, 3.8) is 0 Å². The third-order valence-corrected chi connectivity index (χ3v) is 5.01. The van der Waals surface area contributed by atoms with Gasteiger partial charge < -0.3 is 14.3 Å². The average Bonchev–Trinajstić information content (AvgIpc) is 3.31. The standard InChI is InChI=1S/C20H19N5O7/c26-7-6-24-10-12(22-23-24)11-31-8-9-32-15-3-1-2-13-17(15)20(30)25(19(13)29)14-4-5-16(27)21-18(14)28/h1-3,7,10,14H,4-6,8-9,11H2,(H,21,27,28). The number of fused-ring (bicyclic) bond motifs is 1. The molecule has 2 aliphatic heterocycles. The number of aldehydes is 1. The molecule has 1 aromatic carbocycles. The number of imide groups is 2. The van der Waals surface area contributed by atoms with Crippen molar-refractivity contribution in [2.24, 2.45) is 0 Å². The predicted molar refractivity (Wildman–Crippen MR) is 104 cm³/mol. The number of rotatable bonds is 9. The lowest BCUT2D eigenvalue weighted by Crippen LogP contribution is -2.54. The lowest BCUT2D eigenvalue weighted by molar-refractivity contribution is -0.136. The molecule has 4 amide bonds. The Morgan fingerprint density at radius 1 is 1.16 bits per heavy atom. The summed E-state index contributed by atoms with van der Waals surface area (Å²) in [5.41, 5.74) is 0.775. The number of hydrogen-bond acceptors (Lipinski definition) is 9. The minimum absolute atomic E-state index is 0.0490. The minimum atomic E-state index is -1.04. The van der Waals surface area contributed by atoms with E-state index < -0.39 is 29.7 Å². The number of benzene rings is 1. The van der Waals surface area contributed by atoms with Crippen LogP contribution in [0.15, 0.2) is 24.4 Å². The predicted octanol–water partition coefficient (Wildman–Crippen LogP) is -0.526. The topological polar surface area (TPSA) is 150 Å². The fraction of sp³-hybridized carbons (Fsp3) is 0.350. The molecule has 1 saturated heterocycles. The zero-order valence-electron chi connectivity index (χ0n) is 16.9. The van der Waals surface area contributed by atoms with Crippen molar-refractivity contribution in [2.75, 3.05) is 13.2 Å². The SMILES string of the molecule is O=CCn1cc(COCCOc2cccc3c2C(=O)N(C2CCC(=O)NC2=O)C3=O)nn1. The third-order valence-electron chi connectivity index (χ3n) is 5.01. The van der Waals surface area contributed by atoms with Gasteiger partial charge >= 0.3 is 0 Å². The second-order valence-electron chi connectivity index (χ2n) is 7.13. The molecule has 32 heavy (non-hydrogen) atoms. The summed E-state index contributed by atoms with van der Waals surface area (Å²) in [6, 6.07) is 3.60. The number of nitrogens with one attached hydrogen (secondary N) is 1. The van der Waals surface area contributed by atoms with Crippen molar-refractivity contribution in [1.29, 1.82) is 0 Å². The molecular weight excluding hydrogens is 422 g/mol. The Bertz CT molecular complexity index is 1100. The summed E-state index contributed by atoms with van der Waals surface area (Å²) < 4.78 is 12.5. The highest BCUT2D eigenvalue weighted by Crippen LogP contribution is 2.33. The van der Waals surface area contributed by atoms with Gasteiger partial charge in [-0.3, -0.25) is 29.4 Å². The van der Waals surface area contributed by atoms with Crippen molar-refractivity contribution in [3.8, 4) is 5.75 Å². The van der Waals surface area contributed by atoms with Crippen LogP contribution in [-0.4, -0.2) is 69.1 Å². The van der Waals surface area contributed by atoms with Crippen molar-refractivity contribution in [3.05, 3.63) is 41.2 Å². The monoisotopic (exact) mass is 441 g/mol. The van der Waals surface area contributed by atoms with E-state index in [4.69, 9.17) is 9.47 Å². The Balaban J connectivity index is 1.37. The van der Waals surface area contributed by atoms with Gasteiger partial charge in [0.1, 0.15) is 30.4 Å². The molecule has 0 bridgehead atoms. The van der Waals surface area contributed by atoms with Gasteiger partial charge in [-0.2, -0.15) is 0 Å². The van der Waals surface area contributed by atoms with E-state index >= 15 is 0 Å². The summed E-state index contributed by atoms with van der Waals surface area (Å²) in [5, 5.41) is 9.79. The highest BCUT2D eigenvalue weighted by atomic mass is 16.5. The quantitative estimate of drug-likeness (QED) is 0.308. The van der Waals surface area contributed by atoms with E-state index in [1.54, 1.807) is 18.3 Å². The molecule has 12 nitrogen and oxygen atoms in total. The molecule has 0 spiro atoms. The first kappa shape index (κ1) is 21.3. The Labute approximate surface area is 181 Å². The normalized spacial score (nSPS) is 18.0. The maximum Gasteiger partial charge on any atom is 0.266 e. The van der Waals surface area contributed by atoms with E-state index in [0.29, 0.717) is 12.0 Å². The van der Waals surface area contributed by atoms with Gasteiger partial charge in [-0.1, -0.05) is 11.3 Å². The molecule has 1 aromatic heterocycles. The first-order valence-corrected chi connectivity index (χ1v) is 9.87. The molecule has 2 aliphatic rings. The van der Waals surface area contributed by atoms with Gasteiger partial charge in [-0.15, -0.1) is 5.10 Å². The number of amides is 4. The molecule has 2 aromatic rings. The van der Waals surface area contributed by atoms with E-state index in [1.807, 2.05) is 0 Å². The van der Waals surface area contributed by atoms with Gasteiger partial charge in [0.25, 0.3) is 11.8 Å². The van der Waals surface area contributed by atoms with Crippen LogP contribution in [0.3, 0.4) is 0 Å². The molecule has 3 heterocycles. The Hall–Kier alpha value is -3.93. The lowest BCUT2D eigenvalue weighted by atomic mass is 10.0. The summed E-state index contributed by atoms with van der Waals surface area (Å²) in [6.07, 6.45) is 2.43. The molecule has 0 aliphatic carbocycles. The molecule has 0 radical (unpaired) electrons. The van der Waals surface area contributed by atoms with Crippen LogP contribution >= 0.6 is 0 Å². The van der Waals surface area contributed by atoms with E-state index in [9.17, 15) is 24.0 Å². The number of nitrogens with zero attached hydrogens (tertiary/aromatic N) is 4. The van der Waals surface area contributed by atoms with Gasteiger partial charge in [-0.05, 0) is 18.6 Å². The van der Waals surface area contributed by atoms with Crippen molar-refractivity contribution < 1.29 is 33.4 Å². The lowest BCUT2D eigenvalue weighted by Gasteiger charge is -2.27. The van der Waals surface area contributed by atoms with Crippen LogP contribution < -0.4 is 10.1 Å². The third kappa shape index (κ3) is 4.12. The van der Waals surface area contributed by atoms with E-state index in [1.165, 1.54) is 10.7 Å². The maximum atomic E-state index is 13.0. The molecule has 1 N–H and O–H groups in total. The molecule has 0 saturated carbocycles. The van der Waals surface area contributed by atoms with E-state index in [0.717, 1.165) is 4.90 Å². The molecular formula is C20H19N5O7. The number of aromatic nitrogens is 3. The van der Waals surface area contributed by atoms with Crippen molar-refractivity contribution >= 4 is 29.9 Å². The largest absolute Gasteiger partial charge is 0.490 e. The van der Waals surface area contributed by atoms with Crippen LogP contribution in [0.4, 0.5) is 0 Å². The van der Waals surface area contributed by atoms with Crippen LogP contribution in [0.5, 0.6) is 5.75 Å².